The fraction of sp³-hybridized carbons (Fsp3) is 0.111. The topological polar surface area (TPSA) is 12.0 Å². The van der Waals surface area contributed by atoms with Crippen LogP contribution in [-0.4, -0.2) is 0 Å². The SMILES string of the molecule is CC(Nc1ccc(-c2ccccc2)cc1)c1ccc(Cl)s1. The van der Waals surface area contributed by atoms with Crippen LogP contribution >= 0.6 is 22.9 Å². The average molecular weight is 314 g/mol. The summed E-state index contributed by atoms with van der Waals surface area (Å²) in [4.78, 5) is 1.24. The van der Waals surface area contributed by atoms with Gasteiger partial charge in [0.1, 0.15) is 0 Å². The van der Waals surface area contributed by atoms with Crippen molar-refractivity contribution in [2.75, 3.05) is 5.32 Å². The highest BCUT2D eigenvalue weighted by molar-refractivity contribution is 7.16. The molecule has 0 saturated heterocycles. The van der Waals surface area contributed by atoms with Crippen molar-refractivity contribution in [1.29, 1.82) is 0 Å². The van der Waals surface area contributed by atoms with Crippen LogP contribution in [0, 0.1) is 0 Å². The molecule has 1 aromatic heterocycles. The number of halogens is 1. The molecule has 21 heavy (non-hydrogen) atoms. The Labute approximate surface area is 134 Å². The second-order valence-electron chi connectivity index (χ2n) is 4.95. The van der Waals surface area contributed by atoms with E-state index < -0.39 is 0 Å². The summed E-state index contributed by atoms with van der Waals surface area (Å²) in [6.45, 7) is 2.15. The Hall–Kier alpha value is -1.77. The van der Waals surface area contributed by atoms with Gasteiger partial charge in [0.25, 0.3) is 0 Å². The summed E-state index contributed by atoms with van der Waals surface area (Å²) >= 11 is 7.60. The maximum absolute atomic E-state index is 5.99. The van der Waals surface area contributed by atoms with Gasteiger partial charge < -0.3 is 5.32 Å². The number of thiophene rings is 1. The van der Waals surface area contributed by atoms with Crippen molar-refractivity contribution in [1.82, 2.24) is 0 Å². The van der Waals surface area contributed by atoms with E-state index >= 15 is 0 Å². The van der Waals surface area contributed by atoms with Gasteiger partial charge in [0.05, 0.1) is 10.4 Å². The van der Waals surface area contributed by atoms with E-state index in [4.69, 9.17) is 11.6 Å². The highest BCUT2D eigenvalue weighted by atomic mass is 35.5. The number of benzene rings is 2. The molecule has 0 spiro atoms. The highest BCUT2D eigenvalue weighted by Crippen LogP contribution is 2.29. The minimum Gasteiger partial charge on any atom is -0.378 e. The van der Waals surface area contributed by atoms with Gasteiger partial charge in [-0.05, 0) is 42.3 Å². The van der Waals surface area contributed by atoms with Crippen LogP contribution in [0.4, 0.5) is 5.69 Å². The van der Waals surface area contributed by atoms with E-state index in [0.717, 1.165) is 10.0 Å². The van der Waals surface area contributed by atoms with Crippen LogP contribution < -0.4 is 5.32 Å². The Morgan fingerprint density at radius 3 is 2.14 bits per heavy atom. The van der Waals surface area contributed by atoms with E-state index in [9.17, 15) is 0 Å². The molecule has 0 saturated carbocycles. The monoisotopic (exact) mass is 313 g/mol. The third kappa shape index (κ3) is 3.46. The number of rotatable bonds is 4. The van der Waals surface area contributed by atoms with Crippen LogP contribution in [0.3, 0.4) is 0 Å². The van der Waals surface area contributed by atoms with E-state index in [1.807, 2.05) is 12.1 Å². The van der Waals surface area contributed by atoms with Crippen molar-refractivity contribution in [2.45, 2.75) is 13.0 Å². The first-order valence-corrected chi connectivity index (χ1v) is 8.09. The molecule has 1 atom stereocenters. The quantitative estimate of drug-likeness (QED) is 0.601. The molecule has 1 nitrogen and oxygen atoms in total. The summed E-state index contributed by atoms with van der Waals surface area (Å²) in [7, 11) is 0. The van der Waals surface area contributed by atoms with Crippen molar-refractivity contribution < 1.29 is 0 Å². The predicted molar refractivity (Wildman–Crippen MR) is 93.2 cm³/mol. The van der Waals surface area contributed by atoms with Crippen LogP contribution in [0.25, 0.3) is 11.1 Å². The highest BCUT2D eigenvalue weighted by Gasteiger charge is 2.08. The minimum atomic E-state index is 0.255. The smallest absolute Gasteiger partial charge is 0.0932 e. The first-order valence-electron chi connectivity index (χ1n) is 6.89. The average Bonchev–Trinajstić information content (AvgIpc) is 2.96. The van der Waals surface area contributed by atoms with Gasteiger partial charge in [-0.15, -0.1) is 11.3 Å². The van der Waals surface area contributed by atoms with Gasteiger partial charge in [-0.2, -0.15) is 0 Å². The van der Waals surface area contributed by atoms with Crippen LogP contribution in [-0.2, 0) is 0 Å². The van der Waals surface area contributed by atoms with Crippen molar-refractivity contribution in [2.24, 2.45) is 0 Å². The molecule has 0 aliphatic carbocycles. The Morgan fingerprint density at radius 1 is 0.857 bits per heavy atom. The lowest BCUT2D eigenvalue weighted by molar-refractivity contribution is 0.908. The molecule has 1 N–H and O–H groups in total. The van der Waals surface area contributed by atoms with Crippen LogP contribution in [0.5, 0.6) is 0 Å². The molecule has 3 rings (SSSR count). The van der Waals surface area contributed by atoms with Gasteiger partial charge in [0, 0.05) is 10.6 Å². The lowest BCUT2D eigenvalue weighted by Gasteiger charge is -2.14. The second-order valence-corrected chi connectivity index (χ2v) is 6.70. The molecule has 3 heteroatoms. The molecule has 0 bridgehead atoms. The van der Waals surface area contributed by atoms with Crippen molar-refractivity contribution in [3.05, 3.63) is 75.9 Å². The fourth-order valence-corrected chi connectivity index (χ4v) is 3.33. The number of hydrogen-bond donors (Lipinski definition) is 1. The first-order chi connectivity index (χ1) is 10.2. The molecule has 0 radical (unpaired) electrons. The predicted octanol–water partition coefficient (Wildman–Crippen LogP) is 6.24. The third-order valence-corrected chi connectivity index (χ3v) is 4.81. The largest absolute Gasteiger partial charge is 0.378 e. The lowest BCUT2D eigenvalue weighted by Crippen LogP contribution is -2.04. The maximum atomic E-state index is 5.99. The lowest BCUT2D eigenvalue weighted by atomic mass is 10.1. The van der Waals surface area contributed by atoms with Crippen molar-refractivity contribution in [3.63, 3.8) is 0 Å². The summed E-state index contributed by atoms with van der Waals surface area (Å²) in [5, 5.41) is 3.50. The van der Waals surface area contributed by atoms with Crippen molar-refractivity contribution in [3.8, 4) is 11.1 Å². The summed E-state index contributed by atoms with van der Waals surface area (Å²) in [5.41, 5.74) is 3.59. The van der Waals surface area contributed by atoms with Gasteiger partial charge >= 0.3 is 0 Å². The van der Waals surface area contributed by atoms with Gasteiger partial charge in [-0.1, -0.05) is 54.1 Å². The zero-order valence-electron chi connectivity index (χ0n) is 11.7. The van der Waals surface area contributed by atoms with Crippen LogP contribution in [0.15, 0.2) is 66.7 Å². The van der Waals surface area contributed by atoms with Crippen LogP contribution in [0.1, 0.15) is 17.8 Å². The molecule has 0 aliphatic rings. The molecule has 3 aromatic rings. The van der Waals surface area contributed by atoms with E-state index in [1.54, 1.807) is 11.3 Å². The molecule has 1 unspecified atom stereocenters. The summed E-state index contributed by atoms with van der Waals surface area (Å²) in [6, 6.07) is 23.2. The van der Waals surface area contributed by atoms with Gasteiger partial charge in [0.15, 0.2) is 0 Å². The summed E-state index contributed by atoms with van der Waals surface area (Å²) in [6.07, 6.45) is 0. The Balaban J connectivity index is 1.73. The number of hydrogen-bond acceptors (Lipinski definition) is 2. The standard InChI is InChI=1S/C18H16ClNS/c1-13(17-11-12-18(19)21-17)20-16-9-7-15(8-10-16)14-5-3-2-4-6-14/h2-13,20H,1H3. The zero-order valence-corrected chi connectivity index (χ0v) is 13.3. The fourth-order valence-electron chi connectivity index (χ4n) is 2.27. The Morgan fingerprint density at radius 2 is 1.52 bits per heavy atom. The van der Waals surface area contributed by atoms with Crippen molar-refractivity contribution >= 4 is 28.6 Å². The van der Waals surface area contributed by atoms with E-state index in [0.29, 0.717) is 0 Å². The zero-order chi connectivity index (χ0) is 14.7. The van der Waals surface area contributed by atoms with Gasteiger partial charge in [-0.25, -0.2) is 0 Å². The van der Waals surface area contributed by atoms with Gasteiger partial charge in [-0.3, -0.25) is 0 Å². The normalized spacial score (nSPS) is 12.1. The van der Waals surface area contributed by atoms with Gasteiger partial charge in [0.2, 0.25) is 0 Å². The molecule has 2 aromatic carbocycles. The molecule has 0 fully saturated rings. The first kappa shape index (κ1) is 14.2. The minimum absolute atomic E-state index is 0.255. The number of nitrogens with one attached hydrogen (secondary N) is 1. The Bertz CT molecular complexity index is 704. The molecule has 0 aliphatic heterocycles. The summed E-state index contributed by atoms with van der Waals surface area (Å²) < 4.78 is 0.832. The molecule has 1 heterocycles. The number of anilines is 1. The summed E-state index contributed by atoms with van der Waals surface area (Å²) in [5.74, 6) is 0. The molecule has 0 amide bonds. The van der Waals surface area contributed by atoms with E-state index in [1.165, 1.54) is 16.0 Å². The Kier molecular flexibility index (Phi) is 4.28. The third-order valence-electron chi connectivity index (χ3n) is 3.40. The van der Waals surface area contributed by atoms with E-state index in [2.05, 4.69) is 66.8 Å². The molecule has 106 valence electrons. The van der Waals surface area contributed by atoms with E-state index in [-0.39, 0.29) is 6.04 Å². The van der Waals surface area contributed by atoms with Crippen LogP contribution in [0.2, 0.25) is 4.34 Å². The maximum Gasteiger partial charge on any atom is 0.0932 e. The molecular weight excluding hydrogens is 298 g/mol. The molecular formula is C18H16ClNS. The second kappa shape index (κ2) is 6.33.